The van der Waals surface area contributed by atoms with Crippen LogP contribution in [0.3, 0.4) is 0 Å². The average Bonchev–Trinajstić information content (AvgIpc) is 2.35. The standard InChI is InChI=1S/C11H12ClF3N2O2/c1-19-10(18)9(5-16)17-8-4-6(11(13,14)15)2-3-7(8)12/h2-4,9,17H,5,16H2,1H3. The Labute approximate surface area is 112 Å². The third kappa shape index (κ3) is 4.00. The number of carbonyl (C=O) groups is 1. The van der Waals surface area contributed by atoms with Gasteiger partial charge >= 0.3 is 12.1 Å². The van der Waals surface area contributed by atoms with E-state index in [2.05, 4.69) is 10.1 Å². The lowest BCUT2D eigenvalue weighted by Gasteiger charge is -2.18. The van der Waals surface area contributed by atoms with Crippen LogP contribution in [-0.4, -0.2) is 25.7 Å². The lowest BCUT2D eigenvalue weighted by atomic mass is 10.1. The van der Waals surface area contributed by atoms with Gasteiger partial charge in [0.1, 0.15) is 6.04 Å². The van der Waals surface area contributed by atoms with Gasteiger partial charge in [0.05, 0.1) is 23.4 Å². The van der Waals surface area contributed by atoms with Gasteiger partial charge in [0, 0.05) is 6.54 Å². The zero-order valence-electron chi connectivity index (χ0n) is 9.92. The summed E-state index contributed by atoms with van der Waals surface area (Å²) in [7, 11) is 1.15. The molecule has 0 radical (unpaired) electrons. The van der Waals surface area contributed by atoms with Gasteiger partial charge in [-0.05, 0) is 18.2 Å². The van der Waals surface area contributed by atoms with Gasteiger partial charge in [0.15, 0.2) is 0 Å². The maximum absolute atomic E-state index is 12.6. The van der Waals surface area contributed by atoms with Crippen molar-refractivity contribution >= 4 is 23.3 Å². The molecule has 0 fully saturated rings. The van der Waals surface area contributed by atoms with Crippen LogP contribution in [0.4, 0.5) is 18.9 Å². The summed E-state index contributed by atoms with van der Waals surface area (Å²) < 4.78 is 42.1. The van der Waals surface area contributed by atoms with Crippen LogP contribution in [0.5, 0.6) is 0 Å². The van der Waals surface area contributed by atoms with E-state index < -0.39 is 23.8 Å². The number of methoxy groups -OCH3 is 1. The van der Waals surface area contributed by atoms with E-state index >= 15 is 0 Å². The SMILES string of the molecule is COC(=O)C(CN)Nc1cc(C(F)(F)F)ccc1Cl. The van der Waals surface area contributed by atoms with E-state index in [0.717, 1.165) is 25.3 Å². The predicted molar refractivity (Wildman–Crippen MR) is 64.9 cm³/mol. The molecule has 19 heavy (non-hydrogen) atoms. The Hall–Kier alpha value is -1.47. The van der Waals surface area contributed by atoms with E-state index in [4.69, 9.17) is 17.3 Å². The second kappa shape index (κ2) is 6.12. The molecule has 0 bridgehead atoms. The fourth-order valence-electron chi connectivity index (χ4n) is 1.36. The van der Waals surface area contributed by atoms with Crippen LogP contribution in [-0.2, 0) is 15.7 Å². The van der Waals surface area contributed by atoms with Crippen molar-refractivity contribution in [1.82, 2.24) is 0 Å². The van der Waals surface area contributed by atoms with Crippen LogP contribution < -0.4 is 11.1 Å². The zero-order valence-corrected chi connectivity index (χ0v) is 10.7. The molecule has 0 heterocycles. The van der Waals surface area contributed by atoms with E-state index in [9.17, 15) is 18.0 Å². The number of nitrogens with one attached hydrogen (secondary N) is 1. The maximum Gasteiger partial charge on any atom is 0.416 e. The average molecular weight is 297 g/mol. The molecule has 8 heteroatoms. The van der Waals surface area contributed by atoms with Crippen molar-refractivity contribution in [3.8, 4) is 0 Å². The van der Waals surface area contributed by atoms with Crippen LogP contribution in [0.15, 0.2) is 18.2 Å². The smallest absolute Gasteiger partial charge is 0.416 e. The predicted octanol–water partition coefficient (Wildman–Crippen LogP) is 2.27. The molecule has 1 unspecified atom stereocenters. The number of ether oxygens (including phenoxy) is 1. The third-order valence-electron chi connectivity index (χ3n) is 2.34. The van der Waals surface area contributed by atoms with Gasteiger partial charge in [-0.3, -0.25) is 0 Å². The molecule has 106 valence electrons. The summed E-state index contributed by atoms with van der Waals surface area (Å²) in [6, 6.07) is 1.79. The van der Waals surface area contributed by atoms with E-state index in [-0.39, 0.29) is 17.3 Å². The summed E-state index contributed by atoms with van der Waals surface area (Å²) in [5, 5.41) is 2.58. The molecule has 0 saturated heterocycles. The lowest BCUT2D eigenvalue weighted by molar-refractivity contribution is -0.141. The zero-order chi connectivity index (χ0) is 14.6. The van der Waals surface area contributed by atoms with Crippen LogP contribution in [0, 0.1) is 0 Å². The fraction of sp³-hybridized carbons (Fsp3) is 0.364. The van der Waals surface area contributed by atoms with Gasteiger partial charge in [-0.15, -0.1) is 0 Å². The minimum absolute atomic E-state index is 0.0302. The van der Waals surface area contributed by atoms with E-state index in [1.54, 1.807) is 0 Å². The molecule has 0 amide bonds. The van der Waals surface area contributed by atoms with Gasteiger partial charge in [-0.1, -0.05) is 11.6 Å². The number of carbonyl (C=O) groups excluding carboxylic acids is 1. The number of benzene rings is 1. The van der Waals surface area contributed by atoms with E-state index in [1.807, 2.05) is 0 Å². The number of nitrogens with two attached hydrogens (primary N) is 1. The Morgan fingerprint density at radius 1 is 1.53 bits per heavy atom. The van der Waals surface area contributed by atoms with E-state index in [1.165, 1.54) is 0 Å². The number of hydrogen-bond acceptors (Lipinski definition) is 4. The first kappa shape index (κ1) is 15.6. The summed E-state index contributed by atoms with van der Waals surface area (Å²) in [5.41, 5.74) is 4.44. The second-order valence-electron chi connectivity index (χ2n) is 3.65. The van der Waals surface area contributed by atoms with E-state index in [0.29, 0.717) is 0 Å². The third-order valence-corrected chi connectivity index (χ3v) is 2.67. The molecule has 3 N–H and O–H groups in total. The Balaban J connectivity index is 3.03. The molecule has 1 aromatic carbocycles. The Morgan fingerprint density at radius 3 is 2.63 bits per heavy atom. The van der Waals surface area contributed by atoms with Crippen molar-refractivity contribution in [2.45, 2.75) is 12.2 Å². The summed E-state index contributed by atoms with van der Waals surface area (Å²) >= 11 is 5.77. The van der Waals surface area contributed by atoms with Crippen molar-refractivity contribution in [3.05, 3.63) is 28.8 Å². The molecule has 0 saturated carbocycles. The largest absolute Gasteiger partial charge is 0.467 e. The highest BCUT2D eigenvalue weighted by molar-refractivity contribution is 6.33. The number of halogens is 4. The Kier molecular flexibility index (Phi) is 5.02. The summed E-state index contributed by atoms with van der Waals surface area (Å²) in [6.07, 6.45) is -4.50. The molecular formula is C11H12ClF3N2O2. The maximum atomic E-state index is 12.6. The number of rotatable bonds is 4. The van der Waals surface area contributed by atoms with Crippen molar-refractivity contribution < 1.29 is 22.7 Å². The number of hydrogen-bond donors (Lipinski definition) is 2. The molecule has 1 atom stereocenters. The minimum atomic E-state index is -4.50. The first-order valence-corrected chi connectivity index (χ1v) is 5.58. The molecule has 1 rings (SSSR count). The Morgan fingerprint density at radius 2 is 2.16 bits per heavy atom. The monoisotopic (exact) mass is 296 g/mol. The van der Waals surface area contributed by atoms with Crippen LogP contribution in [0.1, 0.15) is 5.56 Å². The Bertz CT molecular complexity index is 466. The molecule has 1 aromatic rings. The van der Waals surface area contributed by atoms with Gasteiger partial charge in [-0.25, -0.2) is 4.79 Å². The highest BCUT2D eigenvalue weighted by atomic mass is 35.5. The molecule has 0 aliphatic heterocycles. The lowest BCUT2D eigenvalue weighted by Crippen LogP contribution is -2.37. The minimum Gasteiger partial charge on any atom is -0.467 e. The normalized spacial score (nSPS) is 12.9. The number of anilines is 1. The van der Waals surface area contributed by atoms with Gasteiger partial charge in [-0.2, -0.15) is 13.2 Å². The summed E-state index contributed by atoms with van der Waals surface area (Å²) in [6.45, 7) is -0.140. The van der Waals surface area contributed by atoms with Gasteiger partial charge < -0.3 is 15.8 Å². The van der Waals surface area contributed by atoms with Crippen molar-refractivity contribution in [1.29, 1.82) is 0 Å². The molecule has 0 aliphatic rings. The van der Waals surface area contributed by atoms with Crippen molar-refractivity contribution in [2.75, 3.05) is 19.0 Å². The highest BCUT2D eigenvalue weighted by Gasteiger charge is 2.31. The number of alkyl halides is 3. The van der Waals surface area contributed by atoms with Gasteiger partial charge in [0.25, 0.3) is 0 Å². The number of esters is 1. The summed E-state index contributed by atoms with van der Waals surface area (Å²) in [4.78, 5) is 11.3. The molecule has 0 aromatic heterocycles. The molecule has 0 aliphatic carbocycles. The quantitative estimate of drug-likeness (QED) is 0.837. The van der Waals surface area contributed by atoms with Crippen LogP contribution in [0.2, 0.25) is 5.02 Å². The van der Waals surface area contributed by atoms with Crippen molar-refractivity contribution in [2.24, 2.45) is 5.73 Å². The second-order valence-corrected chi connectivity index (χ2v) is 4.06. The topological polar surface area (TPSA) is 64.3 Å². The first-order valence-electron chi connectivity index (χ1n) is 5.20. The fourth-order valence-corrected chi connectivity index (χ4v) is 1.53. The summed E-state index contributed by atoms with van der Waals surface area (Å²) in [5.74, 6) is -0.684. The molecule has 0 spiro atoms. The van der Waals surface area contributed by atoms with Gasteiger partial charge in [0.2, 0.25) is 0 Å². The first-order chi connectivity index (χ1) is 8.79. The highest BCUT2D eigenvalue weighted by Crippen LogP contribution is 2.34. The van der Waals surface area contributed by atoms with Crippen LogP contribution in [0.25, 0.3) is 0 Å². The van der Waals surface area contributed by atoms with Crippen molar-refractivity contribution in [3.63, 3.8) is 0 Å². The molecular weight excluding hydrogens is 285 g/mol. The van der Waals surface area contributed by atoms with Crippen LogP contribution >= 0.6 is 11.6 Å². The molecule has 4 nitrogen and oxygen atoms in total.